The first-order chi connectivity index (χ1) is 16.8. The van der Waals surface area contributed by atoms with Crippen LogP contribution in [0.15, 0.2) is 108 Å². The molecule has 0 radical (unpaired) electrons. The van der Waals surface area contributed by atoms with Gasteiger partial charge in [-0.05, 0) is 67.1 Å². The number of hydrogen-bond acceptors (Lipinski definition) is 4. The van der Waals surface area contributed by atoms with Gasteiger partial charge in [-0.1, -0.05) is 48.5 Å². The van der Waals surface area contributed by atoms with Gasteiger partial charge in [0.25, 0.3) is 10.0 Å². The minimum atomic E-state index is -3.84. The van der Waals surface area contributed by atoms with E-state index in [0.717, 1.165) is 23.3 Å². The van der Waals surface area contributed by atoms with Gasteiger partial charge in [-0.15, -0.1) is 0 Å². The Balaban J connectivity index is 1.40. The molecule has 0 aliphatic heterocycles. The van der Waals surface area contributed by atoms with Crippen LogP contribution in [0, 0.1) is 5.82 Å². The summed E-state index contributed by atoms with van der Waals surface area (Å²) in [6.45, 7) is 1.74. The summed E-state index contributed by atoms with van der Waals surface area (Å²) >= 11 is 0. The van der Waals surface area contributed by atoms with Crippen LogP contribution in [-0.2, 0) is 14.8 Å². The first-order valence-corrected chi connectivity index (χ1v) is 12.4. The van der Waals surface area contributed by atoms with Crippen molar-refractivity contribution < 1.29 is 17.6 Å². The zero-order valence-electron chi connectivity index (χ0n) is 18.9. The molecule has 4 rings (SSSR count). The van der Waals surface area contributed by atoms with Crippen LogP contribution in [-0.4, -0.2) is 20.4 Å². The van der Waals surface area contributed by atoms with Crippen LogP contribution in [0.1, 0.15) is 6.92 Å². The van der Waals surface area contributed by atoms with Crippen LogP contribution in [0.5, 0.6) is 0 Å². The molecule has 0 spiro atoms. The lowest BCUT2D eigenvalue weighted by Crippen LogP contribution is -2.32. The molecule has 0 saturated heterocycles. The van der Waals surface area contributed by atoms with Gasteiger partial charge in [-0.3, -0.25) is 9.52 Å². The Kier molecular flexibility index (Phi) is 7.12. The largest absolute Gasteiger partial charge is 0.374 e. The highest BCUT2D eigenvalue weighted by molar-refractivity contribution is 7.92. The number of halogens is 1. The highest BCUT2D eigenvalue weighted by Crippen LogP contribution is 2.28. The maximum atomic E-state index is 13.1. The molecule has 0 saturated carbocycles. The number of rotatable bonds is 8. The van der Waals surface area contributed by atoms with E-state index in [-0.39, 0.29) is 10.8 Å². The number of nitrogens with one attached hydrogen (secondary N) is 3. The highest BCUT2D eigenvalue weighted by atomic mass is 32.2. The summed E-state index contributed by atoms with van der Waals surface area (Å²) in [6, 6.07) is 27.9. The van der Waals surface area contributed by atoms with E-state index in [2.05, 4.69) is 15.4 Å². The molecule has 0 fully saturated rings. The molecular weight excluding hydrogens is 465 g/mol. The minimum Gasteiger partial charge on any atom is -0.374 e. The van der Waals surface area contributed by atoms with Crippen molar-refractivity contribution in [2.75, 3.05) is 15.4 Å². The third kappa shape index (κ3) is 6.04. The number of carbonyl (C=O) groups excluding carboxylic acids is 1. The van der Waals surface area contributed by atoms with E-state index >= 15 is 0 Å². The maximum Gasteiger partial charge on any atom is 0.261 e. The molecule has 35 heavy (non-hydrogen) atoms. The third-order valence-corrected chi connectivity index (χ3v) is 6.70. The lowest BCUT2D eigenvalue weighted by molar-refractivity contribution is -0.116. The van der Waals surface area contributed by atoms with Crippen LogP contribution in [0.25, 0.3) is 11.1 Å². The summed E-state index contributed by atoms with van der Waals surface area (Å²) in [5.41, 5.74) is 3.62. The van der Waals surface area contributed by atoms with Crippen molar-refractivity contribution in [1.82, 2.24) is 0 Å². The molecule has 0 aliphatic rings. The Hall–Kier alpha value is -4.17. The van der Waals surface area contributed by atoms with E-state index in [9.17, 15) is 17.6 Å². The minimum absolute atomic E-state index is 0.0396. The van der Waals surface area contributed by atoms with Gasteiger partial charge in [0.15, 0.2) is 0 Å². The lowest BCUT2D eigenvalue weighted by Gasteiger charge is -2.17. The van der Waals surface area contributed by atoms with Crippen LogP contribution in [0.2, 0.25) is 0 Å². The van der Waals surface area contributed by atoms with E-state index in [0.29, 0.717) is 17.1 Å². The van der Waals surface area contributed by atoms with Gasteiger partial charge in [0.05, 0.1) is 4.90 Å². The fourth-order valence-electron chi connectivity index (χ4n) is 3.48. The first-order valence-electron chi connectivity index (χ1n) is 10.9. The molecule has 0 aromatic heterocycles. The van der Waals surface area contributed by atoms with Crippen molar-refractivity contribution in [3.63, 3.8) is 0 Å². The molecule has 4 aromatic rings. The Labute approximate surface area is 203 Å². The molecule has 0 aliphatic carbocycles. The number of anilines is 3. The summed E-state index contributed by atoms with van der Waals surface area (Å²) in [6.07, 6.45) is 0. The zero-order valence-corrected chi connectivity index (χ0v) is 19.7. The average Bonchev–Trinajstić information content (AvgIpc) is 2.86. The smallest absolute Gasteiger partial charge is 0.261 e. The predicted molar refractivity (Wildman–Crippen MR) is 137 cm³/mol. The average molecular weight is 490 g/mol. The van der Waals surface area contributed by atoms with Gasteiger partial charge in [0.1, 0.15) is 11.9 Å². The number of amides is 1. The zero-order chi connectivity index (χ0) is 24.8. The van der Waals surface area contributed by atoms with E-state index in [1.807, 2.05) is 54.6 Å². The Morgan fingerprint density at radius 3 is 2.06 bits per heavy atom. The van der Waals surface area contributed by atoms with Crippen LogP contribution in [0.3, 0.4) is 0 Å². The summed E-state index contributed by atoms with van der Waals surface area (Å²) in [7, 11) is -3.84. The van der Waals surface area contributed by atoms with E-state index in [1.165, 1.54) is 12.1 Å². The lowest BCUT2D eigenvalue weighted by atomic mass is 10.0. The van der Waals surface area contributed by atoms with Crippen molar-refractivity contribution >= 4 is 33.0 Å². The molecule has 6 nitrogen and oxygen atoms in total. The van der Waals surface area contributed by atoms with E-state index < -0.39 is 21.9 Å². The molecule has 0 bridgehead atoms. The Bertz CT molecular complexity index is 1410. The molecule has 0 unspecified atom stereocenters. The molecular formula is C27H24FN3O3S. The number of benzene rings is 4. The number of para-hydroxylation sites is 1. The second kappa shape index (κ2) is 10.4. The van der Waals surface area contributed by atoms with Gasteiger partial charge >= 0.3 is 0 Å². The fourth-order valence-corrected chi connectivity index (χ4v) is 4.54. The fraction of sp³-hybridized carbons (Fsp3) is 0.0741. The van der Waals surface area contributed by atoms with Crippen molar-refractivity contribution in [1.29, 1.82) is 0 Å². The normalized spacial score (nSPS) is 11.9. The molecule has 1 atom stereocenters. The van der Waals surface area contributed by atoms with Crippen LogP contribution >= 0.6 is 0 Å². The van der Waals surface area contributed by atoms with Gasteiger partial charge < -0.3 is 10.6 Å². The van der Waals surface area contributed by atoms with Crippen molar-refractivity contribution in [3.8, 4) is 11.1 Å². The van der Waals surface area contributed by atoms with E-state index in [4.69, 9.17) is 0 Å². The van der Waals surface area contributed by atoms with Crippen LogP contribution < -0.4 is 15.4 Å². The van der Waals surface area contributed by atoms with Gasteiger partial charge in [0.2, 0.25) is 5.91 Å². The second-order valence-corrected chi connectivity index (χ2v) is 9.59. The second-order valence-electron chi connectivity index (χ2n) is 7.90. The summed E-state index contributed by atoms with van der Waals surface area (Å²) in [5, 5.41) is 6.09. The topological polar surface area (TPSA) is 87.3 Å². The molecule has 3 N–H and O–H groups in total. The van der Waals surface area contributed by atoms with Gasteiger partial charge in [0, 0.05) is 22.6 Å². The summed E-state index contributed by atoms with van der Waals surface area (Å²) < 4.78 is 40.5. The summed E-state index contributed by atoms with van der Waals surface area (Å²) in [5.74, 6) is -0.726. The Morgan fingerprint density at radius 1 is 0.771 bits per heavy atom. The predicted octanol–water partition coefficient (Wildman–Crippen LogP) is 5.73. The third-order valence-electron chi connectivity index (χ3n) is 5.31. The van der Waals surface area contributed by atoms with Crippen molar-refractivity contribution in [2.24, 2.45) is 0 Å². The van der Waals surface area contributed by atoms with Gasteiger partial charge in [-0.25, -0.2) is 12.8 Å². The summed E-state index contributed by atoms with van der Waals surface area (Å²) in [4.78, 5) is 12.8. The number of hydrogen-bond donors (Lipinski definition) is 3. The maximum absolute atomic E-state index is 13.1. The van der Waals surface area contributed by atoms with Gasteiger partial charge in [-0.2, -0.15) is 0 Å². The van der Waals surface area contributed by atoms with Crippen molar-refractivity contribution in [3.05, 3.63) is 109 Å². The van der Waals surface area contributed by atoms with Crippen LogP contribution in [0.4, 0.5) is 21.5 Å². The first kappa shape index (κ1) is 24.0. The SMILES string of the molecule is C[C@@H](Nc1ccc(NS(=O)(=O)c2ccc(F)cc2)cc1)C(=O)Nc1ccccc1-c1ccccc1. The molecule has 1 amide bonds. The number of carbonyl (C=O) groups is 1. The standard InChI is InChI=1S/C27H24FN3O3S/c1-19(27(32)30-26-10-6-5-9-25(26)20-7-3-2-4-8-20)29-22-13-15-23(16-14-22)31-35(33,34)24-17-11-21(28)12-18-24/h2-19,29,31H,1H3,(H,30,32)/t19-/m1/s1. The quantitative estimate of drug-likeness (QED) is 0.295. The highest BCUT2D eigenvalue weighted by Gasteiger charge is 2.16. The van der Waals surface area contributed by atoms with E-state index in [1.54, 1.807) is 31.2 Å². The monoisotopic (exact) mass is 489 g/mol. The molecule has 8 heteroatoms. The Morgan fingerprint density at radius 2 is 1.37 bits per heavy atom. The molecule has 178 valence electrons. The molecule has 0 heterocycles. The molecule has 4 aromatic carbocycles. The number of sulfonamides is 1. The van der Waals surface area contributed by atoms with Crippen molar-refractivity contribution in [2.45, 2.75) is 17.9 Å².